The Morgan fingerprint density at radius 1 is 1.50 bits per heavy atom. The number of carbonyl (C=O) groups is 1. The summed E-state index contributed by atoms with van der Waals surface area (Å²) < 4.78 is 19.2. The Morgan fingerprint density at radius 2 is 2.38 bits per heavy atom. The molecule has 128 valence electrons. The molecule has 1 aromatic heterocycles. The fourth-order valence-corrected chi connectivity index (χ4v) is 2.99. The second-order valence-corrected chi connectivity index (χ2v) is 6.07. The van der Waals surface area contributed by atoms with Gasteiger partial charge in [0.2, 0.25) is 5.91 Å². The highest BCUT2D eigenvalue weighted by molar-refractivity contribution is 5.78. The van der Waals surface area contributed by atoms with Gasteiger partial charge < -0.3 is 19.7 Å². The molecular formula is C17H20FN3O3. The molecule has 6 nitrogen and oxygen atoms in total. The number of morpholine rings is 1. The molecule has 3 rings (SSSR count). The maximum Gasteiger partial charge on any atom is 0.228 e. The fraction of sp³-hybridized carbons (Fsp3) is 0.412. The Balaban J connectivity index is 1.70. The number of rotatable bonds is 5. The molecule has 2 heterocycles. The Hall–Kier alpha value is -2.25. The number of carbonyl (C=O) groups excluding carboxylic acids is 1. The van der Waals surface area contributed by atoms with Crippen molar-refractivity contribution in [2.75, 3.05) is 26.3 Å². The zero-order valence-electron chi connectivity index (χ0n) is 13.2. The number of hydrogen-bond donors (Lipinski definition) is 2. The van der Waals surface area contributed by atoms with Crippen molar-refractivity contribution in [1.29, 1.82) is 0 Å². The molecular weight excluding hydrogens is 313 g/mol. The number of ether oxygens (including phenoxy) is 1. The van der Waals surface area contributed by atoms with Gasteiger partial charge in [-0.25, -0.2) is 9.37 Å². The lowest BCUT2D eigenvalue weighted by atomic mass is 9.93. The summed E-state index contributed by atoms with van der Waals surface area (Å²) in [5.41, 5.74) is 0.563. The molecule has 7 heteroatoms. The molecule has 1 aliphatic heterocycles. The number of aromatic nitrogens is 2. The second-order valence-electron chi connectivity index (χ2n) is 6.07. The van der Waals surface area contributed by atoms with Crippen molar-refractivity contribution in [3.63, 3.8) is 0 Å². The molecule has 1 unspecified atom stereocenters. The van der Waals surface area contributed by atoms with Crippen molar-refractivity contribution in [3.8, 4) is 0 Å². The van der Waals surface area contributed by atoms with Gasteiger partial charge in [-0.05, 0) is 17.7 Å². The molecule has 1 atom stereocenters. The maximum absolute atomic E-state index is 13.4. The molecule has 2 aromatic rings. The highest BCUT2D eigenvalue weighted by Gasteiger charge is 2.38. The van der Waals surface area contributed by atoms with Gasteiger partial charge in [-0.3, -0.25) is 4.79 Å². The van der Waals surface area contributed by atoms with Crippen LogP contribution in [-0.4, -0.2) is 57.8 Å². The number of amides is 1. The van der Waals surface area contributed by atoms with E-state index in [0.717, 1.165) is 11.3 Å². The lowest BCUT2D eigenvalue weighted by Crippen LogP contribution is -2.57. The predicted molar refractivity (Wildman–Crippen MR) is 84.7 cm³/mol. The lowest BCUT2D eigenvalue weighted by Gasteiger charge is -2.42. The van der Waals surface area contributed by atoms with E-state index >= 15 is 0 Å². The van der Waals surface area contributed by atoms with Gasteiger partial charge in [0.05, 0.1) is 32.5 Å². The Morgan fingerprint density at radius 3 is 3.08 bits per heavy atom. The molecule has 1 aliphatic rings. The number of benzene rings is 1. The first-order valence-electron chi connectivity index (χ1n) is 7.84. The third kappa shape index (κ3) is 3.80. The maximum atomic E-state index is 13.4. The van der Waals surface area contributed by atoms with E-state index in [1.54, 1.807) is 23.2 Å². The van der Waals surface area contributed by atoms with Gasteiger partial charge >= 0.3 is 0 Å². The molecule has 0 radical (unpaired) electrons. The van der Waals surface area contributed by atoms with E-state index in [1.807, 2.05) is 0 Å². The molecule has 1 amide bonds. The van der Waals surface area contributed by atoms with Crippen molar-refractivity contribution < 1.29 is 19.0 Å². The minimum absolute atomic E-state index is 0.0559. The van der Waals surface area contributed by atoms with Crippen LogP contribution in [0.1, 0.15) is 11.3 Å². The predicted octanol–water partition coefficient (Wildman–Crippen LogP) is 0.924. The SMILES string of the molecule is O=C(Cc1cnc[nH]1)N1CCOC(CO)(Cc2cccc(F)c2)C1. The molecule has 1 fully saturated rings. The van der Waals surface area contributed by atoms with Crippen molar-refractivity contribution in [3.05, 3.63) is 53.9 Å². The van der Waals surface area contributed by atoms with Gasteiger partial charge in [0, 0.05) is 24.9 Å². The van der Waals surface area contributed by atoms with Crippen molar-refractivity contribution in [2.24, 2.45) is 0 Å². The van der Waals surface area contributed by atoms with E-state index in [-0.39, 0.29) is 31.3 Å². The molecule has 1 aromatic carbocycles. The molecule has 0 saturated carbocycles. The quantitative estimate of drug-likeness (QED) is 0.853. The van der Waals surface area contributed by atoms with E-state index in [4.69, 9.17) is 4.74 Å². The van der Waals surface area contributed by atoms with Gasteiger partial charge in [0.15, 0.2) is 0 Å². The third-order valence-electron chi connectivity index (χ3n) is 4.20. The second kappa shape index (κ2) is 7.11. The van der Waals surface area contributed by atoms with Crippen molar-refractivity contribution in [2.45, 2.75) is 18.4 Å². The van der Waals surface area contributed by atoms with Crippen LogP contribution in [0.5, 0.6) is 0 Å². The molecule has 1 saturated heterocycles. The Bertz CT molecular complexity index is 692. The standard InChI is InChI=1S/C17H20FN3O3/c18-14-3-1-2-13(6-14)8-17(11-22)10-21(4-5-24-17)16(23)7-15-9-19-12-20-15/h1-3,6,9,12,22H,4-5,7-8,10-11H2,(H,19,20). The summed E-state index contributed by atoms with van der Waals surface area (Å²) in [6, 6.07) is 6.21. The number of nitrogens with zero attached hydrogens (tertiary/aromatic N) is 2. The first kappa shape index (κ1) is 16.6. The number of aliphatic hydroxyl groups is 1. The molecule has 2 N–H and O–H groups in total. The topological polar surface area (TPSA) is 78.5 Å². The number of aromatic amines is 1. The van der Waals surface area contributed by atoms with E-state index < -0.39 is 5.60 Å². The van der Waals surface area contributed by atoms with Crippen LogP contribution in [0, 0.1) is 5.82 Å². The number of halogens is 1. The van der Waals surface area contributed by atoms with Gasteiger partial charge in [0.25, 0.3) is 0 Å². The zero-order chi connectivity index (χ0) is 17.0. The van der Waals surface area contributed by atoms with Gasteiger partial charge in [-0.1, -0.05) is 12.1 Å². The van der Waals surface area contributed by atoms with Crippen LogP contribution >= 0.6 is 0 Å². The summed E-state index contributed by atoms with van der Waals surface area (Å²) in [6.07, 6.45) is 3.71. The average Bonchev–Trinajstić information content (AvgIpc) is 3.08. The summed E-state index contributed by atoms with van der Waals surface area (Å²) in [7, 11) is 0. The lowest BCUT2D eigenvalue weighted by molar-refractivity contribution is -0.157. The normalized spacial score (nSPS) is 21.0. The largest absolute Gasteiger partial charge is 0.393 e. The number of H-pyrrole nitrogens is 1. The molecule has 0 spiro atoms. The summed E-state index contributed by atoms with van der Waals surface area (Å²) in [6.45, 7) is 0.840. The minimum atomic E-state index is -0.907. The van der Waals surface area contributed by atoms with E-state index in [1.165, 1.54) is 18.5 Å². The summed E-state index contributed by atoms with van der Waals surface area (Å²) in [5, 5.41) is 9.86. The fourth-order valence-electron chi connectivity index (χ4n) is 2.99. The Labute approximate surface area is 139 Å². The summed E-state index contributed by atoms with van der Waals surface area (Å²) >= 11 is 0. The van der Waals surface area contributed by atoms with Crippen molar-refractivity contribution in [1.82, 2.24) is 14.9 Å². The van der Waals surface area contributed by atoms with Crippen LogP contribution in [0.15, 0.2) is 36.8 Å². The Kier molecular flexibility index (Phi) is 4.92. The summed E-state index contributed by atoms with van der Waals surface area (Å²) in [5.74, 6) is -0.386. The molecule has 24 heavy (non-hydrogen) atoms. The minimum Gasteiger partial charge on any atom is -0.393 e. The third-order valence-corrected chi connectivity index (χ3v) is 4.20. The van der Waals surface area contributed by atoms with E-state index in [0.29, 0.717) is 19.6 Å². The highest BCUT2D eigenvalue weighted by atomic mass is 19.1. The number of imidazole rings is 1. The van der Waals surface area contributed by atoms with Gasteiger partial charge in [0.1, 0.15) is 11.4 Å². The van der Waals surface area contributed by atoms with Crippen LogP contribution in [0.2, 0.25) is 0 Å². The number of hydrogen-bond acceptors (Lipinski definition) is 4. The molecule has 0 aliphatic carbocycles. The first-order chi connectivity index (χ1) is 11.6. The van der Waals surface area contributed by atoms with E-state index in [9.17, 15) is 14.3 Å². The molecule has 0 bridgehead atoms. The van der Waals surface area contributed by atoms with Crippen molar-refractivity contribution >= 4 is 5.91 Å². The van der Waals surface area contributed by atoms with Gasteiger partial charge in [-0.2, -0.15) is 0 Å². The summed E-state index contributed by atoms with van der Waals surface area (Å²) in [4.78, 5) is 20.9. The van der Waals surface area contributed by atoms with Gasteiger partial charge in [-0.15, -0.1) is 0 Å². The van der Waals surface area contributed by atoms with Crippen LogP contribution in [0.3, 0.4) is 0 Å². The van der Waals surface area contributed by atoms with Crippen LogP contribution < -0.4 is 0 Å². The van der Waals surface area contributed by atoms with Crippen LogP contribution in [0.25, 0.3) is 0 Å². The van der Waals surface area contributed by atoms with E-state index in [2.05, 4.69) is 9.97 Å². The van der Waals surface area contributed by atoms with Crippen LogP contribution in [-0.2, 0) is 22.4 Å². The first-order valence-corrected chi connectivity index (χ1v) is 7.84. The number of nitrogens with one attached hydrogen (secondary N) is 1. The number of aliphatic hydroxyl groups excluding tert-OH is 1. The van der Waals surface area contributed by atoms with Crippen LogP contribution in [0.4, 0.5) is 4.39 Å². The monoisotopic (exact) mass is 333 g/mol. The average molecular weight is 333 g/mol. The smallest absolute Gasteiger partial charge is 0.228 e. The highest BCUT2D eigenvalue weighted by Crippen LogP contribution is 2.24. The zero-order valence-corrected chi connectivity index (χ0v) is 13.2.